The van der Waals surface area contributed by atoms with Crippen molar-refractivity contribution in [1.82, 2.24) is 14.9 Å². The molecular formula is C21H31N3O. The van der Waals surface area contributed by atoms with Gasteiger partial charge < -0.3 is 4.74 Å². The zero-order valence-corrected chi connectivity index (χ0v) is 15.9. The minimum absolute atomic E-state index is 0.693. The second-order valence-electron chi connectivity index (χ2n) is 6.44. The van der Waals surface area contributed by atoms with Gasteiger partial charge in [0.25, 0.3) is 0 Å². The van der Waals surface area contributed by atoms with Crippen LogP contribution in [-0.4, -0.2) is 41.1 Å². The molecule has 0 radical (unpaired) electrons. The van der Waals surface area contributed by atoms with Crippen molar-refractivity contribution < 1.29 is 4.74 Å². The number of nitrogens with zero attached hydrogens (tertiary/aromatic N) is 3. The maximum absolute atomic E-state index is 5.88. The van der Waals surface area contributed by atoms with Gasteiger partial charge in [-0.2, -0.15) is 0 Å². The second kappa shape index (κ2) is 10.8. The summed E-state index contributed by atoms with van der Waals surface area (Å²) in [5.74, 6) is 0.730. The minimum atomic E-state index is 0.693. The molecule has 0 spiro atoms. The summed E-state index contributed by atoms with van der Waals surface area (Å²) in [4.78, 5) is 11.2. The molecule has 0 unspecified atom stereocenters. The van der Waals surface area contributed by atoms with Gasteiger partial charge >= 0.3 is 0 Å². The summed E-state index contributed by atoms with van der Waals surface area (Å²) in [6, 6.07) is 8.29. The number of hydrogen-bond acceptors (Lipinski definition) is 4. The van der Waals surface area contributed by atoms with Crippen molar-refractivity contribution in [2.45, 2.75) is 46.5 Å². The summed E-state index contributed by atoms with van der Waals surface area (Å²) in [6.45, 7) is 10.4. The third kappa shape index (κ3) is 6.83. The monoisotopic (exact) mass is 341 g/mol. The molecule has 2 aromatic heterocycles. The average Bonchev–Trinajstić information content (AvgIpc) is 2.62. The molecule has 2 rings (SSSR count). The Morgan fingerprint density at radius 3 is 2.48 bits per heavy atom. The van der Waals surface area contributed by atoms with E-state index >= 15 is 0 Å². The van der Waals surface area contributed by atoms with Crippen LogP contribution in [0.2, 0.25) is 0 Å². The SMILES string of the molecule is CCCN(CCC)CCOc1cc(CCc2cccnc2C)ccn1. The largest absolute Gasteiger partial charge is 0.476 e. The molecule has 25 heavy (non-hydrogen) atoms. The number of rotatable bonds is 11. The van der Waals surface area contributed by atoms with Gasteiger partial charge in [-0.1, -0.05) is 19.9 Å². The van der Waals surface area contributed by atoms with E-state index in [1.807, 2.05) is 18.5 Å². The summed E-state index contributed by atoms with van der Waals surface area (Å²) >= 11 is 0. The topological polar surface area (TPSA) is 38.2 Å². The normalized spacial score (nSPS) is 11.0. The van der Waals surface area contributed by atoms with Crippen LogP contribution < -0.4 is 4.74 Å². The molecule has 2 aromatic rings. The lowest BCUT2D eigenvalue weighted by molar-refractivity contribution is 0.205. The van der Waals surface area contributed by atoms with Gasteiger partial charge in [0.1, 0.15) is 6.61 Å². The van der Waals surface area contributed by atoms with Crippen molar-refractivity contribution in [3.8, 4) is 5.88 Å². The van der Waals surface area contributed by atoms with E-state index in [9.17, 15) is 0 Å². The molecule has 2 heterocycles. The third-order valence-electron chi connectivity index (χ3n) is 4.34. The lowest BCUT2D eigenvalue weighted by Crippen LogP contribution is -2.30. The van der Waals surface area contributed by atoms with E-state index in [4.69, 9.17) is 4.74 Å². The fourth-order valence-electron chi connectivity index (χ4n) is 2.99. The van der Waals surface area contributed by atoms with Gasteiger partial charge in [-0.15, -0.1) is 0 Å². The highest BCUT2D eigenvalue weighted by atomic mass is 16.5. The van der Waals surface area contributed by atoms with Crippen molar-refractivity contribution >= 4 is 0 Å². The van der Waals surface area contributed by atoms with E-state index in [2.05, 4.69) is 53.8 Å². The summed E-state index contributed by atoms with van der Waals surface area (Å²) in [7, 11) is 0. The molecule has 0 aliphatic carbocycles. The molecule has 0 fully saturated rings. The lowest BCUT2D eigenvalue weighted by atomic mass is 10.0. The molecule has 0 amide bonds. The standard InChI is InChI=1S/C21H31N3O/c1-4-13-24(14-5-2)15-16-25-21-17-19(10-12-23-21)8-9-20-7-6-11-22-18(20)3/h6-7,10-12,17H,4-5,8-9,13-16H2,1-3H3. The minimum Gasteiger partial charge on any atom is -0.476 e. The quantitative estimate of drug-likeness (QED) is 0.617. The number of aryl methyl sites for hydroxylation is 3. The van der Waals surface area contributed by atoms with Crippen LogP contribution in [0.25, 0.3) is 0 Å². The van der Waals surface area contributed by atoms with E-state index in [1.54, 1.807) is 0 Å². The summed E-state index contributed by atoms with van der Waals surface area (Å²) in [5.41, 5.74) is 3.67. The van der Waals surface area contributed by atoms with Gasteiger partial charge in [-0.3, -0.25) is 9.88 Å². The van der Waals surface area contributed by atoms with Gasteiger partial charge in [0, 0.05) is 30.7 Å². The Balaban J connectivity index is 1.83. The van der Waals surface area contributed by atoms with Crippen LogP contribution in [0.3, 0.4) is 0 Å². The first kappa shape index (κ1) is 19.4. The van der Waals surface area contributed by atoms with Crippen molar-refractivity contribution in [2.24, 2.45) is 0 Å². The molecule has 4 heteroatoms. The first-order chi connectivity index (χ1) is 12.2. The van der Waals surface area contributed by atoms with Crippen LogP contribution in [0, 0.1) is 6.92 Å². The Hall–Kier alpha value is -1.94. The molecule has 0 aliphatic heterocycles. The van der Waals surface area contributed by atoms with Crippen LogP contribution in [0.5, 0.6) is 5.88 Å². The van der Waals surface area contributed by atoms with Crippen LogP contribution in [0.1, 0.15) is 43.5 Å². The number of hydrogen-bond donors (Lipinski definition) is 0. The summed E-state index contributed by atoms with van der Waals surface area (Å²) in [5, 5.41) is 0. The van der Waals surface area contributed by atoms with Gasteiger partial charge in [0.15, 0.2) is 0 Å². The van der Waals surface area contributed by atoms with E-state index in [-0.39, 0.29) is 0 Å². The Bertz CT molecular complexity index is 624. The molecule has 4 nitrogen and oxygen atoms in total. The maximum Gasteiger partial charge on any atom is 0.213 e. The molecule has 136 valence electrons. The third-order valence-corrected chi connectivity index (χ3v) is 4.34. The zero-order chi connectivity index (χ0) is 17.9. The van der Waals surface area contributed by atoms with Gasteiger partial charge in [0.2, 0.25) is 5.88 Å². The first-order valence-electron chi connectivity index (χ1n) is 9.43. The smallest absolute Gasteiger partial charge is 0.213 e. The molecule has 0 aliphatic rings. The lowest BCUT2D eigenvalue weighted by Gasteiger charge is -2.20. The number of aromatic nitrogens is 2. The first-order valence-corrected chi connectivity index (χ1v) is 9.43. The van der Waals surface area contributed by atoms with E-state index in [0.717, 1.165) is 44.0 Å². The van der Waals surface area contributed by atoms with Gasteiger partial charge in [-0.25, -0.2) is 4.98 Å². The molecule has 0 aromatic carbocycles. The Kier molecular flexibility index (Phi) is 8.40. The highest BCUT2D eigenvalue weighted by Gasteiger charge is 2.05. The van der Waals surface area contributed by atoms with Crippen LogP contribution in [-0.2, 0) is 12.8 Å². The van der Waals surface area contributed by atoms with Crippen LogP contribution >= 0.6 is 0 Å². The Labute approximate surface area is 152 Å². The Morgan fingerprint density at radius 1 is 0.960 bits per heavy atom. The van der Waals surface area contributed by atoms with E-state index < -0.39 is 0 Å². The molecule has 0 N–H and O–H groups in total. The van der Waals surface area contributed by atoms with Crippen molar-refractivity contribution in [2.75, 3.05) is 26.2 Å². The fraction of sp³-hybridized carbons (Fsp3) is 0.524. The summed E-state index contributed by atoms with van der Waals surface area (Å²) < 4.78 is 5.88. The van der Waals surface area contributed by atoms with Gasteiger partial charge in [-0.05, 0) is 69.0 Å². The van der Waals surface area contributed by atoms with Crippen molar-refractivity contribution in [3.05, 3.63) is 53.5 Å². The highest BCUT2D eigenvalue weighted by molar-refractivity contribution is 5.24. The van der Waals surface area contributed by atoms with Gasteiger partial charge in [0.05, 0.1) is 0 Å². The number of ether oxygens (including phenoxy) is 1. The molecule has 0 saturated heterocycles. The molecule has 0 saturated carbocycles. The molecule has 0 bridgehead atoms. The average molecular weight is 341 g/mol. The van der Waals surface area contributed by atoms with Crippen LogP contribution in [0.4, 0.5) is 0 Å². The maximum atomic E-state index is 5.88. The van der Waals surface area contributed by atoms with Crippen LogP contribution in [0.15, 0.2) is 36.7 Å². The predicted octanol–water partition coefficient (Wildman–Crippen LogP) is 4.07. The zero-order valence-electron chi connectivity index (χ0n) is 15.9. The fourth-order valence-corrected chi connectivity index (χ4v) is 2.99. The molecule has 0 atom stereocenters. The second-order valence-corrected chi connectivity index (χ2v) is 6.44. The number of pyridine rings is 2. The predicted molar refractivity (Wildman–Crippen MR) is 103 cm³/mol. The highest BCUT2D eigenvalue weighted by Crippen LogP contribution is 2.13. The van der Waals surface area contributed by atoms with Crippen molar-refractivity contribution in [1.29, 1.82) is 0 Å². The summed E-state index contributed by atoms with van der Waals surface area (Å²) in [6.07, 6.45) is 8.02. The van der Waals surface area contributed by atoms with E-state index in [0.29, 0.717) is 6.61 Å². The van der Waals surface area contributed by atoms with E-state index in [1.165, 1.54) is 24.0 Å². The molecular weight excluding hydrogens is 310 g/mol. The Morgan fingerprint density at radius 2 is 1.76 bits per heavy atom. The van der Waals surface area contributed by atoms with Crippen molar-refractivity contribution in [3.63, 3.8) is 0 Å².